The van der Waals surface area contributed by atoms with Gasteiger partial charge in [0.1, 0.15) is 11.5 Å². The first kappa shape index (κ1) is 40.9. The van der Waals surface area contributed by atoms with Gasteiger partial charge in [0, 0.05) is 27.5 Å². The lowest BCUT2D eigenvalue weighted by Gasteiger charge is -2.38. The number of aliphatic hydroxyl groups is 2. The van der Waals surface area contributed by atoms with E-state index in [2.05, 4.69) is 0 Å². The fraction of sp³-hybridized carbons (Fsp3) is 0.314. The number of methoxy groups -OCH3 is 1. The van der Waals surface area contributed by atoms with Crippen molar-refractivity contribution in [3.8, 4) is 11.5 Å². The normalized spacial score (nSPS) is 15.4. The Labute approximate surface area is 291 Å². The Bertz CT molecular complexity index is 2010. The molecule has 0 aromatic heterocycles. The number of rotatable bonds is 8. The van der Waals surface area contributed by atoms with Crippen LogP contribution in [0.25, 0.3) is 10.8 Å². The minimum Gasteiger partial charge on any atom is -0.496 e. The summed E-state index contributed by atoms with van der Waals surface area (Å²) in [7, 11) is 0.858. The van der Waals surface area contributed by atoms with Crippen LogP contribution in [0, 0.1) is 0 Å². The summed E-state index contributed by atoms with van der Waals surface area (Å²) in [6.45, 7) is 1.64. The maximum atomic E-state index is 14.6. The van der Waals surface area contributed by atoms with Crippen molar-refractivity contribution in [1.29, 1.82) is 0 Å². The van der Waals surface area contributed by atoms with Crippen LogP contribution in [0.15, 0.2) is 72.8 Å². The second-order valence-corrected chi connectivity index (χ2v) is 12.2. The predicted molar refractivity (Wildman–Crippen MR) is 162 cm³/mol. The molecule has 18 heteroatoms. The van der Waals surface area contributed by atoms with Crippen LogP contribution in [0.2, 0.25) is 0 Å². The molecule has 0 spiro atoms. The lowest BCUT2D eigenvalue weighted by atomic mass is 9.72. The number of Topliss-reactive ketones (excluding diaryl/α,β-unsaturated/α-hetero) is 1. The maximum absolute atomic E-state index is 14.6. The molecule has 53 heavy (non-hydrogen) atoms. The first-order chi connectivity index (χ1) is 24.1. The van der Waals surface area contributed by atoms with E-state index < -0.39 is 103 Å². The van der Waals surface area contributed by atoms with E-state index in [-0.39, 0.29) is 24.6 Å². The van der Waals surface area contributed by atoms with Crippen molar-refractivity contribution in [2.24, 2.45) is 0 Å². The second-order valence-electron chi connectivity index (χ2n) is 12.2. The summed E-state index contributed by atoms with van der Waals surface area (Å²) >= 11 is 0. The Kier molecular flexibility index (Phi) is 10.2. The highest BCUT2D eigenvalue weighted by Crippen LogP contribution is 2.56. The molecule has 6 nitrogen and oxygen atoms in total. The summed E-state index contributed by atoms with van der Waals surface area (Å²) in [6.07, 6.45) is -22.9. The number of halogens is 12. The summed E-state index contributed by atoms with van der Waals surface area (Å²) in [5.74, 6) is -4.19. The summed E-state index contributed by atoms with van der Waals surface area (Å²) in [6, 6.07) is 6.55. The van der Waals surface area contributed by atoms with Gasteiger partial charge >= 0.3 is 30.7 Å². The van der Waals surface area contributed by atoms with Crippen LogP contribution >= 0.6 is 0 Å². The molecule has 0 saturated heterocycles. The molecular weight excluding hydrogens is 744 g/mol. The number of fused-ring (bicyclic) bond motifs is 1. The number of benzene rings is 4. The van der Waals surface area contributed by atoms with E-state index in [4.69, 9.17) is 9.47 Å². The van der Waals surface area contributed by atoms with E-state index in [1.54, 1.807) is 0 Å². The van der Waals surface area contributed by atoms with Gasteiger partial charge in [-0.1, -0.05) is 48.5 Å². The van der Waals surface area contributed by atoms with Gasteiger partial charge in [-0.05, 0) is 56.2 Å². The molecule has 0 fully saturated rings. The van der Waals surface area contributed by atoms with E-state index in [1.165, 1.54) is 0 Å². The largest absolute Gasteiger partial charge is 0.496 e. The average Bonchev–Trinajstić information content (AvgIpc) is 3.02. The molecule has 0 amide bonds. The van der Waals surface area contributed by atoms with Crippen molar-refractivity contribution in [3.63, 3.8) is 0 Å². The van der Waals surface area contributed by atoms with Gasteiger partial charge in [-0.25, -0.2) is 4.79 Å². The molecule has 2 unspecified atom stereocenters. The molecule has 4 aromatic rings. The van der Waals surface area contributed by atoms with Gasteiger partial charge in [0.25, 0.3) is 0 Å². The van der Waals surface area contributed by atoms with Gasteiger partial charge in [-0.3, -0.25) is 4.79 Å². The van der Waals surface area contributed by atoms with Gasteiger partial charge in [-0.15, -0.1) is 0 Å². The Morgan fingerprint density at radius 3 is 1.23 bits per heavy atom. The van der Waals surface area contributed by atoms with Gasteiger partial charge in [0.05, 0.1) is 12.7 Å². The van der Waals surface area contributed by atoms with E-state index in [0.717, 1.165) is 32.2 Å². The number of esters is 1. The quantitative estimate of drug-likeness (QED) is 0.0804. The lowest BCUT2D eigenvalue weighted by molar-refractivity contribution is -0.288. The Morgan fingerprint density at radius 1 is 0.528 bits per heavy atom. The molecule has 286 valence electrons. The third kappa shape index (κ3) is 6.77. The Balaban J connectivity index is 1.92. The molecule has 0 heterocycles. The first-order valence-electron chi connectivity index (χ1n) is 14.9. The van der Waals surface area contributed by atoms with Crippen LogP contribution in [0.3, 0.4) is 0 Å². The number of hydrogen-bond acceptors (Lipinski definition) is 6. The maximum Gasteiger partial charge on any atom is 0.421 e. The average molecular weight is 771 g/mol. The van der Waals surface area contributed by atoms with Crippen LogP contribution in [0.4, 0.5) is 52.7 Å². The number of hydrogen-bond donors (Lipinski definition) is 2. The highest BCUT2D eigenvalue weighted by Gasteiger charge is 2.72. The SMILES string of the molecule is COc1c(C(C)(O)C(F)(F)F)ccc2c(OC(=O)c3ccc(C(c4ccc(C(C)=O)cc4)(C(F)(F)F)C(F)(F)F)cc3)c(C(C)(O)C(F)(F)F)ccc12. The molecular formula is C35H26F12O6. The van der Waals surface area contributed by atoms with Crippen LogP contribution in [0.5, 0.6) is 11.5 Å². The third-order valence-corrected chi connectivity index (χ3v) is 8.78. The minimum absolute atomic E-state index is 0.193. The van der Waals surface area contributed by atoms with Gasteiger partial charge in [0.15, 0.2) is 17.0 Å². The second kappa shape index (κ2) is 13.2. The molecule has 0 aliphatic rings. The smallest absolute Gasteiger partial charge is 0.421 e. The molecule has 0 aliphatic heterocycles. The molecule has 0 saturated carbocycles. The van der Waals surface area contributed by atoms with E-state index >= 15 is 0 Å². The van der Waals surface area contributed by atoms with Crippen molar-refractivity contribution in [2.75, 3.05) is 7.11 Å². The van der Waals surface area contributed by atoms with Crippen molar-refractivity contribution in [3.05, 3.63) is 106 Å². The zero-order valence-electron chi connectivity index (χ0n) is 27.5. The van der Waals surface area contributed by atoms with Gasteiger partial charge < -0.3 is 19.7 Å². The van der Waals surface area contributed by atoms with Crippen LogP contribution in [-0.2, 0) is 16.6 Å². The molecule has 4 rings (SSSR count). The summed E-state index contributed by atoms with van der Waals surface area (Å²) in [4.78, 5) is 25.0. The lowest BCUT2D eigenvalue weighted by Crippen LogP contribution is -2.54. The summed E-state index contributed by atoms with van der Waals surface area (Å²) in [5, 5.41) is 19.8. The van der Waals surface area contributed by atoms with Crippen molar-refractivity contribution >= 4 is 22.5 Å². The number of carbonyl (C=O) groups is 2. The zero-order chi connectivity index (χ0) is 40.3. The molecule has 2 atom stereocenters. The Morgan fingerprint density at radius 2 is 0.887 bits per heavy atom. The first-order valence-corrected chi connectivity index (χ1v) is 14.9. The fourth-order valence-electron chi connectivity index (χ4n) is 5.70. The topological polar surface area (TPSA) is 93.1 Å². The zero-order valence-corrected chi connectivity index (χ0v) is 27.5. The van der Waals surface area contributed by atoms with E-state index in [1.807, 2.05) is 0 Å². The molecule has 0 radical (unpaired) electrons. The van der Waals surface area contributed by atoms with Gasteiger partial charge in [0.2, 0.25) is 5.41 Å². The van der Waals surface area contributed by atoms with Crippen molar-refractivity contribution < 1.29 is 82.0 Å². The highest BCUT2D eigenvalue weighted by molar-refractivity contribution is 5.99. The van der Waals surface area contributed by atoms with E-state index in [9.17, 15) is 72.5 Å². The predicted octanol–water partition coefficient (Wildman–Crippen LogP) is 9.22. The molecule has 4 aromatic carbocycles. The van der Waals surface area contributed by atoms with Gasteiger partial charge in [-0.2, -0.15) is 52.7 Å². The fourth-order valence-corrected chi connectivity index (χ4v) is 5.70. The van der Waals surface area contributed by atoms with Crippen LogP contribution < -0.4 is 9.47 Å². The van der Waals surface area contributed by atoms with Crippen LogP contribution in [0.1, 0.15) is 63.7 Å². The standard InChI is InChI=1S/C35H26F12O6/c1-17(48)18-5-9-20(10-6-18)31(34(42,43)44,35(45,46)47)21-11-7-19(8-12-21)28(49)53-27-23-14-15-24(29(2,50)32(36,37)38)26(52-4)22(23)13-16-25(27)30(3,51)33(39,40)41/h5-16,50-51H,1-4H3. The summed E-state index contributed by atoms with van der Waals surface area (Å²) < 4.78 is 181. The number of ether oxygens (including phenoxy) is 2. The molecule has 2 N–H and O–H groups in total. The molecule has 0 aliphatic carbocycles. The minimum atomic E-state index is -6.07. The van der Waals surface area contributed by atoms with E-state index in [0.29, 0.717) is 49.4 Å². The van der Waals surface area contributed by atoms with Crippen molar-refractivity contribution in [1.82, 2.24) is 0 Å². The summed E-state index contributed by atoms with van der Waals surface area (Å²) in [5.41, 5.74) is -18.0. The monoisotopic (exact) mass is 770 g/mol. The van der Waals surface area contributed by atoms with Crippen LogP contribution in [-0.4, -0.2) is 53.8 Å². The molecule has 0 bridgehead atoms. The highest BCUT2D eigenvalue weighted by atomic mass is 19.4. The van der Waals surface area contributed by atoms with Crippen molar-refractivity contribution in [2.45, 2.75) is 62.1 Å². The number of alkyl halides is 12. The Hall–Kier alpha value is -4.84. The number of ketones is 1. The third-order valence-electron chi connectivity index (χ3n) is 8.78. The number of carbonyl (C=O) groups excluding carboxylic acids is 2.